The first kappa shape index (κ1) is 22.1. The molecule has 0 aliphatic carbocycles. The zero-order valence-corrected chi connectivity index (χ0v) is 18.2. The van der Waals surface area contributed by atoms with Gasteiger partial charge in [-0.1, -0.05) is 103 Å². The molecule has 166 valence electrons. The molecule has 0 heterocycles. The Labute approximate surface area is 193 Å². The molecule has 0 radical (unpaired) electrons. The van der Waals surface area contributed by atoms with Crippen molar-refractivity contribution in [3.8, 4) is 0 Å². The number of carbonyl (C=O) groups is 2. The molecule has 4 aromatic rings. The molecule has 0 aliphatic rings. The van der Waals surface area contributed by atoms with Gasteiger partial charge >= 0.3 is 6.09 Å². The number of rotatable bonds is 8. The van der Waals surface area contributed by atoms with Gasteiger partial charge in [-0.3, -0.25) is 4.79 Å². The fraction of sp³-hybridized carbons (Fsp3) is 0.143. The topological polar surface area (TPSA) is 67.4 Å². The van der Waals surface area contributed by atoms with Gasteiger partial charge in [0.05, 0.1) is 0 Å². The summed E-state index contributed by atoms with van der Waals surface area (Å²) in [6.07, 6.45) is -0.272. The van der Waals surface area contributed by atoms with Crippen LogP contribution in [0.1, 0.15) is 16.7 Å². The van der Waals surface area contributed by atoms with Crippen LogP contribution in [0, 0.1) is 0 Å². The predicted molar refractivity (Wildman–Crippen MR) is 129 cm³/mol. The Morgan fingerprint density at radius 2 is 1.33 bits per heavy atom. The molecule has 2 N–H and O–H groups in total. The van der Waals surface area contributed by atoms with Gasteiger partial charge in [0, 0.05) is 13.0 Å². The van der Waals surface area contributed by atoms with Crippen LogP contribution in [0.5, 0.6) is 0 Å². The highest BCUT2D eigenvalue weighted by Crippen LogP contribution is 2.17. The van der Waals surface area contributed by atoms with E-state index in [1.807, 2.05) is 103 Å². The van der Waals surface area contributed by atoms with Crippen molar-refractivity contribution < 1.29 is 14.3 Å². The summed E-state index contributed by atoms with van der Waals surface area (Å²) in [6, 6.07) is 32.4. The van der Waals surface area contributed by atoms with E-state index >= 15 is 0 Å². The Hall–Kier alpha value is -4.12. The number of benzene rings is 4. The lowest BCUT2D eigenvalue weighted by molar-refractivity contribution is -0.123. The lowest BCUT2D eigenvalue weighted by atomic mass is 10.0. The summed E-state index contributed by atoms with van der Waals surface area (Å²) < 4.78 is 5.35. The third kappa shape index (κ3) is 6.43. The summed E-state index contributed by atoms with van der Waals surface area (Å²) in [5.74, 6) is -0.260. The van der Waals surface area contributed by atoms with Crippen LogP contribution in [0.4, 0.5) is 4.79 Å². The van der Waals surface area contributed by atoms with Crippen molar-refractivity contribution in [2.75, 3.05) is 0 Å². The maximum absolute atomic E-state index is 13.0. The summed E-state index contributed by atoms with van der Waals surface area (Å²) in [5.41, 5.74) is 2.83. The Morgan fingerprint density at radius 1 is 0.697 bits per heavy atom. The molecule has 0 fully saturated rings. The molecule has 0 aromatic heterocycles. The second kappa shape index (κ2) is 11.0. The molecule has 5 heteroatoms. The van der Waals surface area contributed by atoms with Gasteiger partial charge < -0.3 is 15.4 Å². The van der Waals surface area contributed by atoms with Crippen molar-refractivity contribution in [2.45, 2.75) is 25.6 Å². The maximum atomic E-state index is 13.0. The highest BCUT2D eigenvalue weighted by molar-refractivity contribution is 5.87. The third-order valence-corrected chi connectivity index (χ3v) is 5.38. The monoisotopic (exact) mass is 438 g/mol. The summed E-state index contributed by atoms with van der Waals surface area (Å²) in [7, 11) is 0. The smallest absolute Gasteiger partial charge is 0.408 e. The molecule has 4 rings (SSSR count). The average molecular weight is 439 g/mol. The van der Waals surface area contributed by atoms with Gasteiger partial charge in [-0.2, -0.15) is 0 Å². The number of hydrogen-bond acceptors (Lipinski definition) is 3. The number of carbonyl (C=O) groups excluding carboxylic acids is 2. The van der Waals surface area contributed by atoms with Gasteiger partial charge in [0.1, 0.15) is 12.6 Å². The summed E-state index contributed by atoms with van der Waals surface area (Å²) in [5, 5.41) is 7.89. The molecule has 1 atom stereocenters. The Kier molecular flexibility index (Phi) is 7.33. The molecular weight excluding hydrogens is 412 g/mol. The van der Waals surface area contributed by atoms with E-state index in [-0.39, 0.29) is 12.5 Å². The molecule has 0 bridgehead atoms. The molecule has 33 heavy (non-hydrogen) atoms. The molecule has 5 nitrogen and oxygen atoms in total. The fourth-order valence-corrected chi connectivity index (χ4v) is 3.63. The minimum Gasteiger partial charge on any atom is -0.445 e. The zero-order chi connectivity index (χ0) is 22.9. The van der Waals surface area contributed by atoms with Crippen LogP contribution in [0.15, 0.2) is 103 Å². The summed E-state index contributed by atoms with van der Waals surface area (Å²) in [4.78, 5) is 25.5. The summed E-state index contributed by atoms with van der Waals surface area (Å²) in [6.45, 7) is 0.523. The van der Waals surface area contributed by atoms with Crippen LogP contribution >= 0.6 is 0 Å². The molecule has 0 spiro atoms. The normalized spacial score (nSPS) is 11.5. The summed E-state index contributed by atoms with van der Waals surface area (Å²) >= 11 is 0. The van der Waals surface area contributed by atoms with E-state index in [1.165, 1.54) is 0 Å². The standard InChI is InChI=1S/C28H26N2O3/c31-27(29-19-21-9-3-1-4-10-21)26(30-28(32)33-20-22-11-5-2-6-12-22)18-23-15-16-24-13-7-8-14-25(24)17-23/h1-17,26H,18-20H2,(H,29,31)(H,30,32). The third-order valence-electron chi connectivity index (χ3n) is 5.38. The van der Waals surface area contributed by atoms with Gasteiger partial charge in [0.25, 0.3) is 0 Å². The van der Waals surface area contributed by atoms with Crippen LogP contribution < -0.4 is 10.6 Å². The van der Waals surface area contributed by atoms with Crippen LogP contribution in [-0.2, 0) is 29.1 Å². The van der Waals surface area contributed by atoms with Crippen LogP contribution in [0.25, 0.3) is 10.8 Å². The second-order valence-corrected chi connectivity index (χ2v) is 7.85. The molecule has 0 saturated heterocycles. The van der Waals surface area contributed by atoms with E-state index in [2.05, 4.69) is 10.6 Å². The van der Waals surface area contributed by atoms with Gasteiger partial charge in [0.2, 0.25) is 5.91 Å². The van der Waals surface area contributed by atoms with Gasteiger partial charge in [-0.25, -0.2) is 4.79 Å². The number of amides is 2. The van der Waals surface area contributed by atoms with E-state index in [1.54, 1.807) is 0 Å². The van der Waals surface area contributed by atoms with Gasteiger partial charge in [0.15, 0.2) is 0 Å². The van der Waals surface area contributed by atoms with E-state index in [4.69, 9.17) is 4.74 Å². The minimum atomic E-state index is -0.766. The predicted octanol–water partition coefficient (Wildman–Crippen LogP) is 4.99. The molecule has 4 aromatic carbocycles. The first-order chi connectivity index (χ1) is 16.2. The highest BCUT2D eigenvalue weighted by Gasteiger charge is 2.22. The molecule has 0 aliphatic heterocycles. The van der Waals surface area contributed by atoms with Crippen molar-refractivity contribution in [1.29, 1.82) is 0 Å². The largest absolute Gasteiger partial charge is 0.445 e. The lowest BCUT2D eigenvalue weighted by Crippen LogP contribution is -2.48. The molecule has 0 saturated carbocycles. The zero-order valence-electron chi connectivity index (χ0n) is 18.2. The average Bonchev–Trinajstić information content (AvgIpc) is 2.87. The second-order valence-electron chi connectivity index (χ2n) is 7.85. The number of fused-ring (bicyclic) bond motifs is 1. The van der Waals surface area contributed by atoms with E-state index in [0.717, 1.165) is 27.5 Å². The fourth-order valence-electron chi connectivity index (χ4n) is 3.63. The van der Waals surface area contributed by atoms with E-state index in [9.17, 15) is 9.59 Å². The Balaban J connectivity index is 1.44. The van der Waals surface area contributed by atoms with E-state index in [0.29, 0.717) is 13.0 Å². The van der Waals surface area contributed by atoms with Crippen molar-refractivity contribution in [1.82, 2.24) is 10.6 Å². The van der Waals surface area contributed by atoms with Crippen LogP contribution in [-0.4, -0.2) is 18.0 Å². The van der Waals surface area contributed by atoms with Gasteiger partial charge in [-0.05, 0) is 27.5 Å². The molecule has 1 unspecified atom stereocenters. The SMILES string of the molecule is O=C(NC(Cc1ccc2ccccc2c1)C(=O)NCc1ccccc1)OCc1ccccc1. The first-order valence-corrected chi connectivity index (χ1v) is 10.9. The van der Waals surface area contributed by atoms with Crippen molar-refractivity contribution in [2.24, 2.45) is 0 Å². The number of hydrogen-bond donors (Lipinski definition) is 2. The van der Waals surface area contributed by atoms with Crippen LogP contribution in [0.2, 0.25) is 0 Å². The number of nitrogens with one attached hydrogen (secondary N) is 2. The maximum Gasteiger partial charge on any atom is 0.408 e. The minimum absolute atomic E-state index is 0.140. The number of alkyl carbamates (subject to hydrolysis) is 1. The highest BCUT2D eigenvalue weighted by atomic mass is 16.5. The van der Waals surface area contributed by atoms with Crippen molar-refractivity contribution >= 4 is 22.8 Å². The Morgan fingerprint density at radius 3 is 2.06 bits per heavy atom. The van der Waals surface area contributed by atoms with Crippen molar-refractivity contribution in [3.63, 3.8) is 0 Å². The lowest BCUT2D eigenvalue weighted by Gasteiger charge is -2.19. The molecular formula is C28H26N2O3. The first-order valence-electron chi connectivity index (χ1n) is 10.9. The van der Waals surface area contributed by atoms with E-state index < -0.39 is 12.1 Å². The van der Waals surface area contributed by atoms with Crippen LogP contribution in [0.3, 0.4) is 0 Å². The molecule has 2 amide bonds. The van der Waals surface area contributed by atoms with Crippen molar-refractivity contribution in [3.05, 3.63) is 120 Å². The quantitative estimate of drug-likeness (QED) is 0.407. The number of ether oxygens (including phenoxy) is 1. The Bertz CT molecular complexity index is 1210. The van der Waals surface area contributed by atoms with Gasteiger partial charge in [-0.15, -0.1) is 0 Å².